The maximum Gasteiger partial charge on any atom is 0.257 e. The van der Waals surface area contributed by atoms with Crippen LogP contribution in [0.2, 0.25) is 0 Å². The summed E-state index contributed by atoms with van der Waals surface area (Å²) in [4.78, 5) is 18.2. The van der Waals surface area contributed by atoms with Crippen LogP contribution >= 0.6 is 0 Å². The maximum absolute atomic E-state index is 12.6. The lowest BCUT2D eigenvalue weighted by atomic mass is 10.1. The average molecular weight is 286 g/mol. The SMILES string of the molecule is COc1cccc(C(=O)N(C)Cc2cccnc2)c1OC. The monoisotopic (exact) mass is 286 g/mol. The number of methoxy groups -OCH3 is 2. The van der Waals surface area contributed by atoms with Crippen molar-refractivity contribution in [2.45, 2.75) is 6.54 Å². The van der Waals surface area contributed by atoms with Gasteiger partial charge in [-0.2, -0.15) is 0 Å². The minimum atomic E-state index is -0.130. The summed E-state index contributed by atoms with van der Waals surface area (Å²) >= 11 is 0. The molecule has 5 nitrogen and oxygen atoms in total. The van der Waals surface area contributed by atoms with Gasteiger partial charge in [-0.1, -0.05) is 12.1 Å². The Morgan fingerprint density at radius 1 is 1.19 bits per heavy atom. The number of pyridine rings is 1. The van der Waals surface area contributed by atoms with E-state index in [0.717, 1.165) is 5.56 Å². The van der Waals surface area contributed by atoms with E-state index in [4.69, 9.17) is 9.47 Å². The van der Waals surface area contributed by atoms with E-state index in [2.05, 4.69) is 4.98 Å². The molecule has 2 aromatic rings. The van der Waals surface area contributed by atoms with Crippen molar-refractivity contribution in [3.05, 3.63) is 53.9 Å². The predicted molar refractivity (Wildman–Crippen MR) is 79.6 cm³/mol. The first kappa shape index (κ1) is 14.8. The first-order valence-electron chi connectivity index (χ1n) is 6.52. The number of hydrogen-bond acceptors (Lipinski definition) is 4. The highest BCUT2D eigenvalue weighted by Gasteiger charge is 2.19. The molecule has 0 aliphatic heterocycles. The highest BCUT2D eigenvalue weighted by molar-refractivity contribution is 5.97. The summed E-state index contributed by atoms with van der Waals surface area (Å²) < 4.78 is 10.5. The van der Waals surface area contributed by atoms with Gasteiger partial charge >= 0.3 is 0 Å². The summed E-state index contributed by atoms with van der Waals surface area (Å²) in [6.45, 7) is 0.479. The molecule has 0 aliphatic rings. The van der Waals surface area contributed by atoms with Crippen LogP contribution in [0.15, 0.2) is 42.7 Å². The van der Waals surface area contributed by atoms with Gasteiger partial charge in [0.25, 0.3) is 5.91 Å². The zero-order chi connectivity index (χ0) is 15.2. The molecule has 0 N–H and O–H groups in total. The van der Waals surface area contributed by atoms with Gasteiger partial charge < -0.3 is 14.4 Å². The third-order valence-corrected chi connectivity index (χ3v) is 3.12. The molecular formula is C16H18N2O3. The quantitative estimate of drug-likeness (QED) is 0.846. The van der Waals surface area contributed by atoms with Crippen molar-refractivity contribution in [3.8, 4) is 11.5 Å². The van der Waals surface area contributed by atoms with Crippen molar-refractivity contribution in [2.24, 2.45) is 0 Å². The van der Waals surface area contributed by atoms with Crippen molar-refractivity contribution < 1.29 is 14.3 Å². The lowest BCUT2D eigenvalue weighted by molar-refractivity contribution is 0.0781. The van der Waals surface area contributed by atoms with E-state index in [0.29, 0.717) is 23.6 Å². The standard InChI is InChI=1S/C16H18N2O3/c1-18(11-12-6-5-9-17-10-12)16(19)13-7-4-8-14(20-2)15(13)21-3/h4-10H,11H2,1-3H3. The molecule has 1 aromatic carbocycles. The van der Waals surface area contributed by atoms with E-state index in [1.807, 2.05) is 12.1 Å². The lowest BCUT2D eigenvalue weighted by Gasteiger charge is -2.19. The molecular weight excluding hydrogens is 268 g/mol. The molecule has 0 fully saturated rings. The van der Waals surface area contributed by atoms with Gasteiger partial charge in [0.15, 0.2) is 11.5 Å². The number of carbonyl (C=O) groups excluding carboxylic acids is 1. The predicted octanol–water partition coefficient (Wildman–Crippen LogP) is 2.37. The molecule has 0 radical (unpaired) electrons. The molecule has 0 bridgehead atoms. The van der Waals surface area contributed by atoms with E-state index >= 15 is 0 Å². The number of carbonyl (C=O) groups is 1. The van der Waals surface area contributed by atoms with Gasteiger partial charge in [0.2, 0.25) is 0 Å². The van der Waals surface area contributed by atoms with Gasteiger partial charge in [-0.25, -0.2) is 0 Å². The third kappa shape index (κ3) is 3.31. The normalized spacial score (nSPS) is 10.0. The van der Waals surface area contributed by atoms with Crippen molar-refractivity contribution >= 4 is 5.91 Å². The number of amides is 1. The highest BCUT2D eigenvalue weighted by Crippen LogP contribution is 2.31. The number of para-hydroxylation sites is 1. The molecule has 1 heterocycles. The van der Waals surface area contributed by atoms with E-state index in [9.17, 15) is 4.79 Å². The van der Waals surface area contributed by atoms with Gasteiger partial charge in [0.1, 0.15) is 0 Å². The fraction of sp³-hybridized carbons (Fsp3) is 0.250. The van der Waals surface area contributed by atoms with Gasteiger partial charge in [0, 0.05) is 26.0 Å². The minimum Gasteiger partial charge on any atom is -0.493 e. The van der Waals surface area contributed by atoms with Gasteiger partial charge in [-0.3, -0.25) is 9.78 Å². The molecule has 1 aromatic heterocycles. The third-order valence-electron chi connectivity index (χ3n) is 3.12. The first-order chi connectivity index (χ1) is 10.2. The van der Waals surface area contributed by atoms with Crippen LogP contribution in [0.3, 0.4) is 0 Å². The van der Waals surface area contributed by atoms with Crippen LogP contribution in [0.25, 0.3) is 0 Å². The van der Waals surface area contributed by atoms with E-state index in [-0.39, 0.29) is 5.91 Å². The van der Waals surface area contributed by atoms with Crippen LogP contribution in [0.4, 0.5) is 0 Å². The fourth-order valence-corrected chi connectivity index (χ4v) is 2.10. The number of hydrogen-bond donors (Lipinski definition) is 0. The molecule has 2 rings (SSSR count). The summed E-state index contributed by atoms with van der Waals surface area (Å²) in [5.41, 5.74) is 1.44. The number of nitrogens with zero attached hydrogens (tertiary/aromatic N) is 2. The number of ether oxygens (including phenoxy) is 2. The van der Waals surface area contributed by atoms with Crippen LogP contribution in [0, 0.1) is 0 Å². The van der Waals surface area contributed by atoms with E-state index in [1.165, 1.54) is 7.11 Å². The summed E-state index contributed by atoms with van der Waals surface area (Å²) in [6, 6.07) is 9.03. The second-order valence-corrected chi connectivity index (χ2v) is 4.56. The summed E-state index contributed by atoms with van der Waals surface area (Å²) in [6.07, 6.45) is 3.45. The molecule has 5 heteroatoms. The smallest absolute Gasteiger partial charge is 0.257 e. The largest absolute Gasteiger partial charge is 0.493 e. The summed E-state index contributed by atoms with van der Waals surface area (Å²) in [5.74, 6) is 0.857. The molecule has 110 valence electrons. The molecule has 0 spiro atoms. The number of benzene rings is 1. The van der Waals surface area contributed by atoms with Crippen molar-refractivity contribution in [3.63, 3.8) is 0 Å². The average Bonchev–Trinajstić information content (AvgIpc) is 2.54. The summed E-state index contributed by atoms with van der Waals surface area (Å²) in [7, 11) is 4.81. The molecule has 0 saturated carbocycles. The topological polar surface area (TPSA) is 51.7 Å². The second-order valence-electron chi connectivity index (χ2n) is 4.56. The Morgan fingerprint density at radius 2 is 2.00 bits per heavy atom. The fourth-order valence-electron chi connectivity index (χ4n) is 2.10. The van der Waals surface area contributed by atoms with Crippen LogP contribution in [-0.4, -0.2) is 37.1 Å². The molecule has 1 amide bonds. The van der Waals surface area contributed by atoms with Crippen molar-refractivity contribution in [1.29, 1.82) is 0 Å². The Kier molecular flexibility index (Phi) is 4.77. The second kappa shape index (κ2) is 6.74. The Balaban J connectivity index is 2.23. The van der Waals surface area contributed by atoms with Gasteiger partial charge in [-0.05, 0) is 23.8 Å². The van der Waals surface area contributed by atoms with Crippen LogP contribution in [0.5, 0.6) is 11.5 Å². The summed E-state index contributed by atoms with van der Waals surface area (Å²) in [5, 5.41) is 0. The molecule has 0 unspecified atom stereocenters. The Morgan fingerprint density at radius 3 is 2.62 bits per heavy atom. The van der Waals surface area contributed by atoms with Gasteiger partial charge in [-0.15, -0.1) is 0 Å². The Bertz CT molecular complexity index is 614. The number of rotatable bonds is 5. The van der Waals surface area contributed by atoms with Gasteiger partial charge in [0.05, 0.1) is 19.8 Å². The zero-order valence-corrected chi connectivity index (χ0v) is 12.4. The highest BCUT2D eigenvalue weighted by atomic mass is 16.5. The molecule has 21 heavy (non-hydrogen) atoms. The molecule has 0 aliphatic carbocycles. The van der Waals surface area contributed by atoms with E-state index in [1.54, 1.807) is 49.7 Å². The minimum absolute atomic E-state index is 0.130. The lowest BCUT2D eigenvalue weighted by Crippen LogP contribution is -2.26. The molecule has 0 saturated heterocycles. The maximum atomic E-state index is 12.6. The van der Waals surface area contributed by atoms with Crippen molar-refractivity contribution in [1.82, 2.24) is 9.88 Å². The van der Waals surface area contributed by atoms with Crippen LogP contribution in [-0.2, 0) is 6.54 Å². The van der Waals surface area contributed by atoms with Crippen LogP contribution < -0.4 is 9.47 Å². The molecule has 0 atom stereocenters. The Hall–Kier alpha value is -2.56. The first-order valence-corrected chi connectivity index (χ1v) is 6.52. The zero-order valence-electron chi connectivity index (χ0n) is 12.4. The Labute approximate surface area is 124 Å². The number of aromatic nitrogens is 1. The van der Waals surface area contributed by atoms with E-state index < -0.39 is 0 Å². The van der Waals surface area contributed by atoms with Crippen molar-refractivity contribution in [2.75, 3.05) is 21.3 Å². The van der Waals surface area contributed by atoms with Crippen LogP contribution in [0.1, 0.15) is 15.9 Å².